The molecule has 0 radical (unpaired) electrons. The van der Waals surface area contributed by atoms with Gasteiger partial charge in [-0.05, 0) is 69.1 Å². The molecule has 0 aliphatic carbocycles. The molecule has 0 saturated carbocycles. The highest BCUT2D eigenvalue weighted by molar-refractivity contribution is 5.89. The maximum Gasteiger partial charge on any atom is 0.119 e. The minimum absolute atomic E-state index is 0.883. The van der Waals surface area contributed by atoms with Crippen molar-refractivity contribution >= 4 is 33.7 Å². The highest BCUT2D eigenvalue weighted by atomic mass is 16.5. The van der Waals surface area contributed by atoms with E-state index in [-0.39, 0.29) is 0 Å². The third-order valence-electron chi connectivity index (χ3n) is 4.61. The molecule has 26 heavy (non-hydrogen) atoms. The number of hydrogen-bond acceptors (Lipinski definition) is 2. The van der Waals surface area contributed by atoms with E-state index in [4.69, 9.17) is 9.47 Å². The highest BCUT2D eigenvalue weighted by Gasteiger charge is 1.99. The van der Waals surface area contributed by atoms with Crippen molar-refractivity contribution in [2.75, 3.05) is 14.2 Å². The molecule has 0 saturated heterocycles. The van der Waals surface area contributed by atoms with Crippen LogP contribution in [-0.4, -0.2) is 14.2 Å². The molecule has 128 valence electrons. The van der Waals surface area contributed by atoms with Gasteiger partial charge in [0.05, 0.1) is 14.2 Å². The number of benzene rings is 4. The van der Waals surface area contributed by atoms with Crippen LogP contribution in [0.15, 0.2) is 72.8 Å². The van der Waals surface area contributed by atoms with Crippen LogP contribution >= 0.6 is 0 Å². The van der Waals surface area contributed by atoms with Gasteiger partial charge in [0, 0.05) is 0 Å². The van der Waals surface area contributed by atoms with E-state index < -0.39 is 0 Å². The zero-order valence-electron chi connectivity index (χ0n) is 14.9. The molecule has 0 fully saturated rings. The van der Waals surface area contributed by atoms with Crippen molar-refractivity contribution in [1.82, 2.24) is 0 Å². The predicted molar refractivity (Wildman–Crippen MR) is 110 cm³/mol. The number of fused-ring (bicyclic) bond motifs is 2. The SMILES string of the molecule is COc1ccc2cc(/C=C/c3ccc4cc(OC)ccc4c3)ccc2c1. The van der Waals surface area contributed by atoms with E-state index in [1.54, 1.807) is 14.2 Å². The van der Waals surface area contributed by atoms with Crippen LogP contribution < -0.4 is 9.47 Å². The summed E-state index contributed by atoms with van der Waals surface area (Å²) < 4.78 is 10.6. The third kappa shape index (κ3) is 3.27. The quantitative estimate of drug-likeness (QED) is 0.413. The van der Waals surface area contributed by atoms with Crippen molar-refractivity contribution in [1.29, 1.82) is 0 Å². The van der Waals surface area contributed by atoms with Crippen molar-refractivity contribution in [3.63, 3.8) is 0 Å². The van der Waals surface area contributed by atoms with E-state index in [9.17, 15) is 0 Å². The lowest BCUT2D eigenvalue weighted by molar-refractivity contribution is 0.415. The summed E-state index contributed by atoms with van der Waals surface area (Å²) in [5, 5.41) is 4.78. The lowest BCUT2D eigenvalue weighted by atomic mass is 10.0. The second-order valence-electron chi connectivity index (χ2n) is 6.28. The molecule has 0 spiro atoms. The van der Waals surface area contributed by atoms with E-state index in [0.717, 1.165) is 11.5 Å². The van der Waals surface area contributed by atoms with Gasteiger partial charge in [-0.15, -0.1) is 0 Å². The predicted octanol–water partition coefficient (Wildman–Crippen LogP) is 6.18. The van der Waals surface area contributed by atoms with Crippen LogP contribution in [0.3, 0.4) is 0 Å². The van der Waals surface area contributed by atoms with Crippen molar-refractivity contribution in [3.8, 4) is 11.5 Å². The number of hydrogen-bond donors (Lipinski definition) is 0. The molecular formula is C24H20O2. The van der Waals surface area contributed by atoms with E-state index in [2.05, 4.69) is 72.8 Å². The lowest BCUT2D eigenvalue weighted by Crippen LogP contribution is -1.83. The first-order chi connectivity index (χ1) is 12.7. The van der Waals surface area contributed by atoms with Crippen molar-refractivity contribution in [2.45, 2.75) is 0 Å². The molecule has 4 rings (SSSR count). The summed E-state index contributed by atoms with van der Waals surface area (Å²) >= 11 is 0. The summed E-state index contributed by atoms with van der Waals surface area (Å²) in [5.41, 5.74) is 2.36. The summed E-state index contributed by atoms with van der Waals surface area (Å²) in [6, 6.07) is 25.2. The molecule has 0 atom stereocenters. The Labute approximate surface area is 153 Å². The molecule has 0 heterocycles. The van der Waals surface area contributed by atoms with Gasteiger partial charge < -0.3 is 9.47 Å². The van der Waals surface area contributed by atoms with Crippen molar-refractivity contribution < 1.29 is 9.47 Å². The van der Waals surface area contributed by atoms with Gasteiger partial charge in [0.15, 0.2) is 0 Å². The molecular weight excluding hydrogens is 320 g/mol. The molecule has 0 aliphatic heterocycles. The Morgan fingerprint density at radius 3 is 1.31 bits per heavy atom. The van der Waals surface area contributed by atoms with E-state index in [1.165, 1.54) is 32.7 Å². The Morgan fingerprint density at radius 1 is 0.500 bits per heavy atom. The van der Waals surface area contributed by atoms with Crippen molar-refractivity contribution in [3.05, 3.63) is 83.9 Å². The second kappa shape index (κ2) is 6.93. The normalized spacial score (nSPS) is 11.3. The highest BCUT2D eigenvalue weighted by Crippen LogP contribution is 2.24. The van der Waals surface area contributed by atoms with Crippen LogP contribution in [0.4, 0.5) is 0 Å². The van der Waals surface area contributed by atoms with Crippen LogP contribution in [0.25, 0.3) is 33.7 Å². The molecule has 0 amide bonds. The average molecular weight is 340 g/mol. The van der Waals surface area contributed by atoms with Crippen molar-refractivity contribution in [2.24, 2.45) is 0 Å². The van der Waals surface area contributed by atoms with Gasteiger partial charge in [-0.3, -0.25) is 0 Å². The fourth-order valence-corrected chi connectivity index (χ4v) is 3.14. The zero-order chi connectivity index (χ0) is 17.9. The van der Waals surface area contributed by atoms with Crippen LogP contribution in [0, 0.1) is 0 Å². The monoisotopic (exact) mass is 340 g/mol. The molecule has 2 nitrogen and oxygen atoms in total. The largest absolute Gasteiger partial charge is 0.497 e. The number of methoxy groups -OCH3 is 2. The topological polar surface area (TPSA) is 18.5 Å². The van der Waals surface area contributed by atoms with E-state index >= 15 is 0 Å². The Kier molecular flexibility index (Phi) is 4.32. The van der Waals surface area contributed by atoms with Gasteiger partial charge in [0.25, 0.3) is 0 Å². The summed E-state index contributed by atoms with van der Waals surface area (Å²) in [7, 11) is 3.38. The maximum atomic E-state index is 5.29. The first-order valence-corrected chi connectivity index (χ1v) is 8.59. The first kappa shape index (κ1) is 16.2. The molecule has 0 aliphatic rings. The molecule has 0 aromatic heterocycles. The average Bonchev–Trinajstić information content (AvgIpc) is 2.71. The minimum Gasteiger partial charge on any atom is -0.497 e. The first-order valence-electron chi connectivity index (χ1n) is 8.59. The summed E-state index contributed by atoms with van der Waals surface area (Å²) in [5.74, 6) is 1.77. The Bertz CT molecular complexity index is 1020. The van der Waals surface area contributed by atoms with Gasteiger partial charge in [0.1, 0.15) is 11.5 Å². The fourth-order valence-electron chi connectivity index (χ4n) is 3.14. The van der Waals surface area contributed by atoms with E-state index in [1.807, 2.05) is 12.1 Å². The minimum atomic E-state index is 0.883. The van der Waals surface area contributed by atoms with Gasteiger partial charge in [-0.2, -0.15) is 0 Å². The Morgan fingerprint density at radius 2 is 0.885 bits per heavy atom. The van der Waals surface area contributed by atoms with Crippen LogP contribution in [0.5, 0.6) is 11.5 Å². The summed E-state index contributed by atoms with van der Waals surface area (Å²) in [6.45, 7) is 0. The number of ether oxygens (including phenoxy) is 2. The molecule has 0 N–H and O–H groups in total. The smallest absolute Gasteiger partial charge is 0.119 e. The summed E-state index contributed by atoms with van der Waals surface area (Å²) in [6.07, 6.45) is 4.29. The lowest BCUT2D eigenvalue weighted by Gasteiger charge is -2.04. The van der Waals surface area contributed by atoms with Gasteiger partial charge in [-0.25, -0.2) is 0 Å². The van der Waals surface area contributed by atoms with Gasteiger partial charge >= 0.3 is 0 Å². The van der Waals surface area contributed by atoms with Crippen LogP contribution in [0.1, 0.15) is 11.1 Å². The molecule has 0 unspecified atom stereocenters. The Hall–Kier alpha value is -3.26. The standard InChI is InChI=1S/C24H20O2/c1-25-23-11-9-19-13-17(5-7-21(19)15-23)3-4-18-6-8-22-16-24(26-2)12-10-20(22)14-18/h3-16H,1-2H3/b4-3+. The second-order valence-corrected chi connectivity index (χ2v) is 6.28. The molecule has 4 aromatic carbocycles. The van der Waals surface area contributed by atoms with E-state index in [0.29, 0.717) is 0 Å². The molecule has 4 aromatic rings. The van der Waals surface area contributed by atoms with Crippen LogP contribution in [-0.2, 0) is 0 Å². The third-order valence-corrected chi connectivity index (χ3v) is 4.61. The number of rotatable bonds is 4. The maximum absolute atomic E-state index is 5.29. The molecule has 2 heteroatoms. The molecule has 0 bridgehead atoms. The van der Waals surface area contributed by atoms with Gasteiger partial charge in [0.2, 0.25) is 0 Å². The van der Waals surface area contributed by atoms with Crippen LogP contribution in [0.2, 0.25) is 0 Å². The Balaban J connectivity index is 1.62. The fraction of sp³-hybridized carbons (Fsp3) is 0.0833. The zero-order valence-corrected chi connectivity index (χ0v) is 14.9. The summed E-state index contributed by atoms with van der Waals surface area (Å²) in [4.78, 5) is 0. The van der Waals surface area contributed by atoms with Gasteiger partial charge in [-0.1, -0.05) is 48.6 Å².